The number of carbonyl (C=O) groups is 1. The van der Waals surface area contributed by atoms with Crippen LogP contribution in [0.4, 0.5) is 4.39 Å². The van der Waals surface area contributed by atoms with Crippen molar-refractivity contribution in [3.63, 3.8) is 0 Å². The Bertz CT molecular complexity index is 475. The van der Waals surface area contributed by atoms with Gasteiger partial charge in [-0.1, -0.05) is 20.8 Å². The van der Waals surface area contributed by atoms with E-state index < -0.39 is 5.82 Å². The van der Waals surface area contributed by atoms with Crippen LogP contribution in [0.3, 0.4) is 0 Å². The van der Waals surface area contributed by atoms with Gasteiger partial charge in [-0.25, -0.2) is 4.39 Å². The van der Waals surface area contributed by atoms with Gasteiger partial charge in [-0.05, 0) is 36.6 Å². The molecule has 0 atom stereocenters. The molecule has 4 nitrogen and oxygen atoms in total. The van der Waals surface area contributed by atoms with E-state index in [4.69, 9.17) is 5.73 Å². The third kappa shape index (κ3) is 4.20. The number of halogens is 1. The molecule has 0 aromatic heterocycles. The number of rotatable bonds is 6. The van der Waals surface area contributed by atoms with Gasteiger partial charge >= 0.3 is 0 Å². The van der Waals surface area contributed by atoms with E-state index in [1.54, 1.807) is 4.90 Å². The van der Waals surface area contributed by atoms with E-state index in [9.17, 15) is 14.3 Å². The zero-order valence-electron chi connectivity index (χ0n) is 12.3. The van der Waals surface area contributed by atoms with Crippen LogP contribution in [0.5, 0.6) is 5.75 Å². The van der Waals surface area contributed by atoms with Crippen molar-refractivity contribution in [2.75, 3.05) is 19.6 Å². The molecule has 5 heteroatoms. The standard InChI is InChI=1S/C15H23FN2O2/c1-4-7-18(10-15(2,3)9-17)14(20)12-8-11(16)5-6-13(12)19/h5-6,8,19H,4,7,9-10,17H2,1-3H3. The first-order chi connectivity index (χ1) is 9.30. The molecule has 1 aromatic rings. The molecule has 0 radical (unpaired) electrons. The van der Waals surface area contributed by atoms with Gasteiger partial charge < -0.3 is 15.7 Å². The summed E-state index contributed by atoms with van der Waals surface area (Å²) in [7, 11) is 0. The van der Waals surface area contributed by atoms with Crippen LogP contribution in [0.1, 0.15) is 37.6 Å². The van der Waals surface area contributed by atoms with Crippen LogP contribution in [-0.4, -0.2) is 35.5 Å². The van der Waals surface area contributed by atoms with Gasteiger partial charge in [-0.2, -0.15) is 0 Å². The average molecular weight is 282 g/mol. The van der Waals surface area contributed by atoms with E-state index in [-0.39, 0.29) is 22.6 Å². The molecule has 0 saturated carbocycles. The first kappa shape index (κ1) is 16.4. The lowest BCUT2D eigenvalue weighted by Gasteiger charge is -2.32. The summed E-state index contributed by atoms with van der Waals surface area (Å²) in [5.41, 5.74) is 5.46. The minimum Gasteiger partial charge on any atom is -0.507 e. The number of phenolic OH excluding ortho intramolecular Hbond substituents is 1. The lowest BCUT2D eigenvalue weighted by molar-refractivity contribution is 0.0686. The van der Waals surface area contributed by atoms with E-state index in [2.05, 4.69) is 0 Å². The molecular formula is C15H23FN2O2. The summed E-state index contributed by atoms with van der Waals surface area (Å²) in [5.74, 6) is -1.12. The second-order valence-corrected chi connectivity index (χ2v) is 5.76. The van der Waals surface area contributed by atoms with Crippen molar-refractivity contribution < 1.29 is 14.3 Å². The Morgan fingerprint density at radius 3 is 2.65 bits per heavy atom. The van der Waals surface area contributed by atoms with Crippen molar-refractivity contribution >= 4 is 5.91 Å². The molecule has 112 valence electrons. The second-order valence-electron chi connectivity index (χ2n) is 5.76. The summed E-state index contributed by atoms with van der Waals surface area (Å²) in [6.45, 7) is 7.34. The summed E-state index contributed by atoms with van der Waals surface area (Å²) >= 11 is 0. The molecule has 1 aromatic carbocycles. The Hall–Kier alpha value is -1.62. The number of nitrogens with zero attached hydrogens (tertiary/aromatic N) is 1. The average Bonchev–Trinajstić information content (AvgIpc) is 2.40. The van der Waals surface area contributed by atoms with Gasteiger partial charge in [0.2, 0.25) is 0 Å². The summed E-state index contributed by atoms with van der Waals surface area (Å²) in [5, 5.41) is 9.74. The number of amides is 1. The van der Waals surface area contributed by atoms with Crippen LogP contribution in [0.2, 0.25) is 0 Å². The monoisotopic (exact) mass is 282 g/mol. The molecule has 20 heavy (non-hydrogen) atoms. The molecule has 3 N–H and O–H groups in total. The highest BCUT2D eigenvalue weighted by Crippen LogP contribution is 2.22. The van der Waals surface area contributed by atoms with E-state index in [1.165, 1.54) is 6.07 Å². The van der Waals surface area contributed by atoms with Gasteiger partial charge in [0.15, 0.2) is 0 Å². The fourth-order valence-electron chi connectivity index (χ4n) is 1.95. The van der Waals surface area contributed by atoms with Crippen LogP contribution in [0.15, 0.2) is 18.2 Å². The molecule has 0 heterocycles. The lowest BCUT2D eigenvalue weighted by Crippen LogP contribution is -2.42. The Morgan fingerprint density at radius 2 is 2.10 bits per heavy atom. The molecule has 0 spiro atoms. The van der Waals surface area contributed by atoms with Crippen LogP contribution < -0.4 is 5.73 Å². The number of hydrogen-bond acceptors (Lipinski definition) is 3. The molecule has 1 amide bonds. The normalized spacial score (nSPS) is 11.4. The predicted molar refractivity (Wildman–Crippen MR) is 77.1 cm³/mol. The number of hydrogen-bond donors (Lipinski definition) is 2. The summed E-state index contributed by atoms with van der Waals surface area (Å²) < 4.78 is 13.3. The van der Waals surface area contributed by atoms with Crippen LogP contribution in [-0.2, 0) is 0 Å². The Kier molecular flexibility index (Phi) is 5.51. The number of carbonyl (C=O) groups excluding carboxylic acids is 1. The molecule has 0 aliphatic heterocycles. The van der Waals surface area contributed by atoms with E-state index in [0.717, 1.165) is 18.6 Å². The Labute approximate surface area is 119 Å². The van der Waals surface area contributed by atoms with Gasteiger partial charge in [0.05, 0.1) is 5.56 Å². The number of nitrogens with two attached hydrogens (primary N) is 1. The molecule has 0 fully saturated rings. The maximum absolute atomic E-state index is 13.3. The summed E-state index contributed by atoms with van der Waals surface area (Å²) in [6, 6.07) is 3.39. The molecule has 0 unspecified atom stereocenters. The van der Waals surface area contributed by atoms with Crippen LogP contribution in [0.25, 0.3) is 0 Å². The lowest BCUT2D eigenvalue weighted by atomic mass is 9.92. The maximum atomic E-state index is 13.3. The van der Waals surface area contributed by atoms with Crippen molar-refractivity contribution in [3.05, 3.63) is 29.6 Å². The van der Waals surface area contributed by atoms with Gasteiger partial charge in [-0.3, -0.25) is 4.79 Å². The van der Waals surface area contributed by atoms with Crippen molar-refractivity contribution in [1.29, 1.82) is 0 Å². The quantitative estimate of drug-likeness (QED) is 0.841. The number of phenols is 1. The third-order valence-electron chi connectivity index (χ3n) is 3.14. The predicted octanol–water partition coefficient (Wildman–Crippen LogP) is 2.37. The fourth-order valence-corrected chi connectivity index (χ4v) is 1.95. The highest BCUT2D eigenvalue weighted by molar-refractivity contribution is 5.96. The van der Waals surface area contributed by atoms with E-state index in [0.29, 0.717) is 19.6 Å². The minimum atomic E-state index is -0.541. The second kappa shape index (κ2) is 6.70. The number of aromatic hydroxyl groups is 1. The Morgan fingerprint density at radius 1 is 1.45 bits per heavy atom. The van der Waals surface area contributed by atoms with Crippen molar-refractivity contribution in [2.45, 2.75) is 27.2 Å². The zero-order chi connectivity index (χ0) is 15.3. The Balaban J connectivity index is 3.02. The van der Waals surface area contributed by atoms with Crippen LogP contribution in [0, 0.1) is 11.2 Å². The molecule has 1 rings (SSSR count). The first-order valence-electron chi connectivity index (χ1n) is 6.78. The van der Waals surface area contributed by atoms with Gasteiger partial charge in [0.25, 0.3) is 5.91 Å². The van der Waals surface area contributed by atoms with Crippen molar-refractivity contribution in [3.8, 4) is 5.75 Å². The topological polar surface area (TPSA) is 66.6 Å². The molecule has 0 saturated heterocycles. The highest BCUT2D eigenvalue weighted by atomic mass is 19.1. The minimum absolute atomic E-state index is 0.00808. The molecule has 0 aliphatic carbocycles. The summed E-state index contributed by atoms with van der Waals surface area (Å²) in [6.07, 6.45) is 0.780. The smallest absolute Gasteiger partial charge is 0.257 e. The molecule has 0 aliphatic rings. The molecular weight excluding hydrogens is 259 g/mol. The maximum Gasteiger partial charge on any atom is 0.257 e. The summed E-state index contributed by atoms with van der Waals surface area (Å²) in [4.78, 5) is 14.1. The third-order valence-corrected chi connectivity index (χ3v) is 3.14. The van der Waals surface area contributed by atoms with E-state index >= 15 is 0 Å². The van der Waals surface area contributed by atoms with Crippen LogP contribution >= 0.6 is 0 Å². The zero-order valence-corrected chi connectivity index (χ0v) is 12.3. The first-order valence-corrected chi connectivity index (χ1v) is 6.78. The van der Waals surface area contributed by atoms with Gasteiger partial charge in [0, 0.05) is 13.1 Å². The fraction of sp³-hybridized carbons (Fsp3) is 0.533. The van der Waals surface area contributed by atoms with Gasteiger partial charge in [-0.15, -0.1) is 0 Å². The SMILES string of the molecule is CCCN(CC(C)(C)CN)C(=O)c1cc(F)ccc1O. The van der Waals surface area contributed by atoms with Crippen molar-refractivity contribution in [1.82, 2.24) is 4.90 Å². The largest absolute Gasteiger partial charge is 0.507 e. The van der Waals surface area contributed by atoms with Crippen molar-refractivity contribution in [2.24, 2.45) is 11.1 Å². The molecule has 0 bridgehead atoms. The van der Waals surface area contributed by atoms with E-state index in [1.807, 2.05) is 20.8 Å². The van der Waals surface area contributed by atoms with Gasteiger partial charge in [0.1, 0.15) is 11.6 Å². The highest BCUT2D eigenvalue weighted by Gasteiger charge is 2.25. The number of benzene rings is 1.